The molecule has 1 aromatic carbocycles. The largest absolute Gasteiger partial charge is 0.396 e. The quantitative estimate of drug-likeness (QED) is 0.732. The molecule has 1 rings (SSSR count). The number of carbonyl (C=O) groups is 1. The lowest BCUT2D eigenvalue weighted by Crippen LogP contribution is -2.29. The maximum Gasteiger partial charge on any atom is 0.252 e. The molecular weight excluding hydrogens is 397 g/mol. The lowest BCUT2D eigenvalue weighted by atomic mass is 10.1. The third-order valence-electron chi connectivity index (χ3n) is 2.41. The molecule has 0 saturated carbocycles. The topological polar surface area (TPSA) is 49.3 Å². The van der Waals surface area contributed by atoms with Gasteiger partial charge in [0.25, 0.3) is 5.91 Å². The van der Waals surface area contributed by atoms with E-state index in [1.807, 2.05) is 25.1 Å². The Kier molecular flexibility index (Phi) is 6.43. The highest BCUT2D eigenvalue weighted by Gasteiger charge is 2.11. The Morgan fingerprint density at radius 2 is 2.29 bits per heavy atom. The summed E-state index contributed by atoms with van der Waals surface area (Å²) < 4.78 is 1.82. The van der Waals surface area contributed by atoms with Crippen LogP contribution in [-0.2, 0) is 0 Å². The van der Waals surface area contributed by atoms with E-state index >= 15 is 0 Å². The number of hydrogen-bond acceptors (Lipinski definition) is 2. The first kappa shape index (κ1) is 14.9. The van der Waals surface area contributed by atoms with Crippen molar-refractivity contribution >= 4 is 44.4 Å². The van der Waals surface area contributed by atoms with Crippen molar-refractivity contribution in [2.24, 2.45) is 5.92 Å². The van der Waals surface area contributed by atoms with Gasteiger partial charge in [-0.25, -0.2) is 0 Å². The normalized spacial score (nSPS) is 12.2. The standard InChI is InChI=1S/C12H15BrINO2/c1-8(4-5-16)7-15-12(17)10-6-9(14)2-3-11(10)13/h2-3,6,8,16H,4-5,7H2,1H3,(H,15,17). The molecule has 0 aliphatic rings. The molecule has 0 heterocycles. The Hall–Kier alpha value is -0.140. The number of amides is 1. The van der Waals surface area contributed by atoms with Crippen molar-refractivity contribution in [2.75, 3.05) is 13.2 Å². The fourth-order valence-corrected chi connectivity index (χ4v) is 2.27. The SMILES string of the molecule is CC(CCO)CNC(=O)c1cc(I)ccc1Br. The second-order valence-electron chi connectivity index (χ2n) is 3.95. The average Bonchev–Trinajstić information content (AvgIpc) is 2.29. The summed E-state index contributed by atoms with van der Waals surface area (Å²) in [5.74, 6) is 0.200. The van der Waals surface area contributed by atoms with Gasteiger partial charge >= 0.3 is 0 Å². The maximum atomic E-state index is 11.9. The number of aliphatic hydroxyl groups is 1. The molecule has 17 heavy (non-hydrogen) atoms. The minimum absolute atomic E-state index is 0.0832. The molecule has 0 saturated heterocycles. The molecule has 0 bridgehead atoms. The van der Waals surface area contributed by atoms with Crippen molar-refractivity contribution in [3.8, 4) is 0 Å². The van der Waals surface area contributed by atoms with Gasteiger partial charge in [0.05, 0.1) is 5.56 Å². The van der Waals surface area contributed by atoms with Crippen LogP contribution in [0.1, 0.15) is 23.7 Å². The van der Waals surface area contributed by atoms with Crippen molar-refractivity contribution in [1.82, 2.24) is 5.32 Å². The molecule has 0 aliphatic heterocycles. The van der Waals surface area contributed by atoms with Crippen LogP contribution >= 0.6 is 38.5 Å². The fourth-order valence-electron chi connectivity index (χ4n) is 1.36. The Morgan fingerprint density at radius 1 is 1.59 bits per heavy atom. The summed E-state index contributed by atoms with van der Waals surface area (Å²) >= 11 is 5.54. The van der Waals surface area contributed by atoms with E-state index in [0.29, 0.717) is 18.5 Å². The van der Waals surface area contributed by atoms with Crippen molar-refractivity contribution in [1.29, 1.82) is 0 Å². The molecule has 0 radical (unpaired) electrons. The fraction of sp³-hybridized carbons (Fsp3) is 0.417. The number of nitrogens with one attached hydrogen (secondary N) is 1. The van der Waals surface area contributed by atoms with Crippen molar-refractivity contribution in [3.63, 3.8) is 0 Å². The lowest BCUT2D eigenvalue weighted by Gasteiger charge is -2.12. The van der Waals surface area contributed by atoms with Crippen molar-refractivity contribution in [2.45, 2.75) is 13.3 Å². The lowest BCUT2D eigenvalue weighted by molar-refractivity contribution is 0.0944. The molecule has 0 fully saturated rings. The van der Waals surface area contributed by atoms with Crippen LogP contribution in [0, 0.1) is 9.49 Å². The van der Waals surface area contributed by atoms with Gasteiger partial charge in [-0.2, -0.15) is 0 Å². The highest BCUT2D eigenvalue weighted by molar-refractivity contribution is 14.1. The monoisotopic (exact) mass is 411 g/mol. The van der Waals surface area contributed by atoms with Crippen LogP contribution in [0.4, 0.5) is 0 Å². The number of aliphatic hydroxyl groups excluding tert-OH is 1. The van der Waals surface area contributed by atoms with Gasteiger partial charge < -0.3 is 10.4 Å². The summed E-state index contributed by atoms with van der Waals surface area (Å²) in [5.41, 5.74) is 0.646. The summed E-state index contributed by atoms with van der Waals surface area (Å²) in [7, 11) is 0. The van der Waals surface area contributed by atoms with E-state index in [4.69, 9.17) is 5.11 Å². The molecule has 1 atom stereocenters. The molecule has 0 aromatic heterocycles. The molecule has 1 amide bonds. The summed E-state index contributed by atoms with van der Waals surface area (Å²) in [4.78, 5) is 11.9. The van der Waals surface area contributed by atoms with Crippen molar-refractivity contribution < 1.29 is 9.90 Å². The van der Waals surface area contributed by atoms with Crippen LogP contribution in [0.15, 0.2) is 22.7 Å². The van der Waals surface area contributed by atoms with E-state index in [1.165, 1.54) is 0 Å². The van der Waals surface area contributed by atoms with Gasteiger partial charge in [-0.3, -0.25) is 4.79 Å². The first-order valence-corrected chi connectivity index (χ1v) is 7.26. The summed E-state index contributed by atoms with van der Waals surface area (Å²) in [5, 5.41) is 11.6. The Bertz CT molecular complexity index is 398. The number of halogens is 2. The predicted octanol–water partition coefficient (Wildman–Crippen LogP) is 2.80. The van der Waals surface area contributed by atoms with Crippen LogP contribution < -0.4 is 5.32 Å². The first-order chi connectivity index (χ1) is 8.04. The van der Waals surface area contributed by atoms with E-state index in [0.717, 1.165) is 8.04 Å². The van der Waals surface area contributed by atoms with E-state index in [-0.39, 0.29) is 18.4 Å². The minimum Gasteiger partial charge on any atom is -0.396 e. The smallest absolute Gasteiger partial charge is 0.252 e. The zero-order valence-electron chi connectivity index (χ0n) is 9.54. The zero-order valence-corrected chi connectivity index (χ0v) is 13.3. The highest BCUT2D eigenvalue weighted by atomic mass is 127. The summed E-state index contributed by atoms with van der Waals surface area (Å²) in [6.45, 7) is 2.74. The van der Waals surface area contributed by atoms with Crippen LogP contribution in [-0.4, -0.2) is 24.2 Å². The molecule has 1 unspecified atom stereocenters. The van der Waals surface area contributed by atoms with Gasteiger partial charge in [0, 0.05) is 21.2 Å². The molecule has 94 valence electrons. The summed E-state index contributed by atoms with van der Waals surface area (Å²) in [6.07, 6.45) is 0.702. The Labute approximate surface area is 123 Å². The predicted molar refractivity (Wildman–Crippen MR) is 80.1 cm³/mol. The first-order valence-electron chi connectivity index (χ1n) is 5.38. The van der Waals surface area contributed by atoms with Gasteiger partial charge in [-0.1, -0.05) is 6.92 Å². The van der Waals surface area contributed by atoms with Gasteiger partial charge in [0.2, 0.25) is 0 Å². The maximum absolute atomic E-state index is 11.9. The highest BCUT2D eigenvalue weighted by Crippen LogP contribution is 2.19. The van der Waals surface area contributed by atoms with Crippen LogP contribution in [0.3, 0.4) is 0 Å². The molecular formula is C12H15BrINO2. The third kappa shape index (κ3) is 4.93. The minimum atomic E-state index is -0.0832. The molecule has 2 N–H and O–H groups in total. The van der Waals surface area contributed by atoms with Crippen LogP contribution in [0.25, 0.3) is 0 Å². The van der Waals surface area contributed by atoms with Crippen molar-refractivity contribution in [3.05, 3.63) is 31.8 Å². The Morgan fingerprint density at radius 3 is 2.94 bits per heavy atom. The summed E-state index contributed by atoms with van der Waals surface area (Å²) in [6, 6.07) is 5.65. The zero-order chi connectivity index (χ0) is 12.8. The third-order valence-corrected chi connectivity index (χ3v) is 3.77. The number of hydrogen-bond donors (Lipinski definition) is 2. The number of rotatable bonds is 5. The second-order valence-corrected chi connectivity index (χ2v) is 6.05. The van der Waals surface area contributed by atoms with Gasteiger partial charge in [0.1, 0.15) is 0 Å². The molecule has 0 aliphatic carbocycles. The molecule has 3 nitrogen and oxygen atoms in total. The van der Waals surface area contributed by atoms with Crippen LogP contribution in [0.5, 0.6) is 0 Å². The van der Waals surface area contributed by atoms with E-state index < -0.39 is 0 Å². The van der Waals surface area contributed by atoms with Crippen LogP contribution in [0.2, 0.25) is 0 Å². The second kappa shape index (κ2) is 7.33. The Balaban J connectivity index is 2.61. The molecule has 5 heteroatoms. The van der Waals surface area contributed by atoms with E-state index in [1.54, 1.807) is 0 Å². The van der Waals surface area contributed by atoms with Gasteiger partial charge in [-0.15, -0.1) is 0 Å². The average molecular weight is 412 g/mol. The molecule has 1 aromatic rings. The number of carbonyl (C=O) groups excluding carboxylic acids is 1. The molecule has 0 spiro atoms. The van der Waals surface area contributed by atoms with E-state index in [9.17, 15) is 4.79 Å². The van der Waals surface area contributed by atoms with E-state index in [2.05, 4.69) is 43.8 Å². The number of benzene rings is 1. The van der Waals surface area contributed by atoms with Gasteiger partial charge in [0.15, 0.2) is 0 Å². The van der Waals surface area contributed by atoms with Gasteiger partial charge in [-0.05, 0) is 69.1 Å².